The lowest BCUT2D eigenvalue weighted by Crippen LogP contribution is -2.10. The van der Waals surface area contributed by atoms with Gasteiger partial charge in [-0.3, -0.25) is 14.6 Å². The first kappa shape index (κ1) is 21.5. The second kappa shape index (κ2) is 8.55. The van der Waals surface area contributed by atoms with Crippen LogP contribution in [0, 0.1) is 13.8 Å². The smallest absolute Gasteiger partial charge is 0.337 e. The number of rotatable bonds is 5. The minimum Gasteiger partial charge on any atom is -0.465 e. The summed E-state index contributed by atoms with van der Waals surface area (Å²) in [7, 11) is 1.37. The van der Waals surface area contributed by atoms with E-state index in [0.29, 0.717) is 5.56 Å². The van der Waals surface area contributed by atoms with Crippen molar-refractivity contribution in [2.45, 2.75) is 26.8 Å². The molecule has 0 aliphatic carbocycles. The first-order chi connectivity index (χ1) is 16.5. The number of carbonyl (C=O) groups excluding carboxylic acids is 1. The molecule has 0 N–H and O–H groups in total. The Kier molecular flexibility index (Phi) is 5.41. The largest absolute Gasteiger partial charge is 0.465 e. The number of carbonyl (C=O) groups is 1. The highest BCUT2D eigenvalue weighted by Crippen LogP contribution is 2.34. The third kappa shape index (κ3) is 3.63. The fourth-order valence-corrected chi connectivity index (χ4v) is 4.17. The number of methoxy groups -OCH3 is 1. The Morgan fingerprint density at radius 1 is 1.06 bits per heavy atom. The molecule has 0 unspecified atom stereocenters. The number of nitrogens with zero attached hydrogens (tertiary/aromatic N) is 5. The van der Waals surface area contributed by atoms with Gasteiger partial charge in [0.25, 0.3) is 0 Å². The number of aryl methyl sites for hydroxylation is 2. The maximum Gasteiger partial charge on any atom is 0.337 e. The van der Waals surface area contributed by atoms with Gasteiger partial charge in [-0.15, -0.1) is 0 Å². The Balaban J connectivity index is 1.70. The number of pyridine rings is 2. The summed E-state index contributed by atoms with van der Waals surface area (Å²) in [6.07, 6.45) is 3.59. The second-order valence-electron chi connectivity index (χ2n) is 8.08. The van der Waals surface area contributed by atoms with Crippen molar-refractivity contribution in [3.63, 3.8) is 0 Å². The predicted octanol–water partition coefficient (Wildman–Crippen LogP) is 5.16. The van der Waals surface area contributed by atoms with Crippen LogP contribution in [0.2, 0.25) is 0 Å². The van der Waals surface area contributed by atoms with Crippen molar-refractivity contribution in [3.8, 4) is 22.4 Å². The van der Waals surface area contributed by atoms with Gasteiger partial charge in [0, 0.05) is 29.1 Å². The molecule has 0 spiro atoms. The molecule has 0 saturated heterocycles. The third-order valence-corrected chi connectivity index (χ3v) is 5.93. The number of benzene rings is 1. The van der Waals surface area contributed by atoms with Crippen LogP contribution >= 0.6 is 0 Å². The van der Waals surface area contributed by atoms with Gasteiger partial charge in [-0.05, 0) is 51.1 Å². The van der Waals surface area contributed by atoms with Crippen molar-refractivity contribution in [3.05, 3.63) is 83.6 Å². The molecule has 0 amide bonds. The van der Waals surface area contributed by atoms with Crippen LogP contribution in [-0.4, -0.2) is 38.0 Å². The Bertz CT molecular complexity index is 1470. The van der Waals surface area contributed by atoms with Gasteiger partial charge in [0.2, 0.25) is 0 Å². The Morgan fingerprint density at radius 2 is 1.85 bits per heavy atom. The summed E-state index contributed by atoms with van der Waals surface area (Å²) in [5.41, 5.74) is 7.20. The molecule has 0 radical (unpaired) electrons. The number of aromatic nitrogens is 5. The molecule has 170 valence electrons. The van der Waals surface area contributed by atoms with E-state index in [9.17, 15) is 4.79 Å². The van der Waals surface area contributed by atoms with E-state index in [1.54, 1.807) is 18.3 Å². The topological polar surface area (TPSA) is 95.9 Å². The number of hydrogen-bond acceptors (Lipinski definition) is 7. The molecule has 0 saturated carbocycles. The van der Waals surface area contributed by atoms with Gasteiger partial charge >= 0.3 is 5.97 Å². The zero-order valence-electron chi connectivity index (χ0n) is 19.3. The van der Waals surface area contributed by atoms with E-state index in [0.717, 1.165) is 50.6 Å². The lowest BCUT2D eigenvalue weighted by Gasteiger charge is -2.13. The van der Waals surface area contributed by atoms with Crippen molar-refractivity contribution in [2.24, 2.45) is 0 Å². The molecule has 1 atom stereocenters. The molecule has 5 rings (SSSR count). The molecule has 4 aromatic heterocycles. The van der Waals surface area contributed by atoms with Crippen molar-refractivity contribution in [1.82, 2.24) is 24.9 Å². The monoisotopic (exact) mass is 453 g/mol. The second-order valence-corrected chi connectivity index (χ2v) is 8.08. The summed E-state index contributed by atoms with van der Waals surface area (Å²) in [6, 6.07) is 14.9. The zero-order chi connectivity index (χ0) is 23.8. The summed E-state index contributed by atoms with van der Waals surface area (Å²) in [6.45, 7) is 5.86. The van der Waals surface area contributed by atoms with Crippen LogP contribution in [0.25, 0.3) is 33.4 Å². The van der Waals surface area contributed by atoms with Crippen molar-refractivity contribution in [2.75, 3.05) is 7.11 Å². The van der Waals surface area contributed by atoms with Crippen LogP contribution in [0.1, 0.15) is 40.5 Å². The lowest BCUT2D eigenvalue weighted by molar-refractivity contribution is 0.0600. The summed E-state index contributed by atoms with van der Waals surface area (Å²) in [4.78, 5) is 21.2. The molecule has 0 bridgehead atoms. The van der Waals surface area contributed by atoms with Crippen molar-refractivity contribution < 1.29 is 14.1 Å². The quantitative estimate of drug-likeness (QED) is 0.339. The maximum atomic E-state index is 11.9. The van der Waals surface area contributed by atoms with Gasteiger partial charge < -0.3 is 9.26 Å². The van der Waals surface area contributed by atoms with Crippen LogP contribution in [0.15, 0.2) is 65.4 Å². The van der Waals surface area contributed by atoms with Crippen LogP contribution in [-0.2, 0) is 4.74 Å². The number of hydrogen-bond donors (Lipinski definition) is 0. The van der Waals surface area contributed by atoms with Gasteiger partial charge in [-0.1, -0.05) is 23.4 Å². The number of fused-ring (bicyclic) bond motifs is 1. The SMILES string of the molecule is COC(=O)c1ccc(-c2nn([C@@H](C)c3ccccn3)c3cc(-c4c(C)noc4C)cnc23)cc1. The third-order valence-electron chi connectivity index (χ3n) is 5.93. The maximum absolute atomic E-state index is 11.9. The molecule has 34 heavy (non-hydrogen) atoms. The lowest BCUT2D eigenvalue weighted by atomic mass is 10.0. The highest BCUT2D eigenvalue weighted by molar-refractivity contribution is 5.94. The van der Waals surface area contributed by atoms with E-state index in [1.165, 1.54) is 7.11 Å². The van der Waals surface area contributed by atoms with E-state index >= 15 is 0 Å². The van der Waals surface area contributed by atoms with Crippen molar-refractivity contribution in [1.29, 1.82) is 0 Å². The minimum atomic E-state index is -0.382. The first-order valence-electron chi connectivity index (χ1n) is 10.9. The molecule has 8 heteroatoms. The van der Waals surface area contributed by atoms with Crippen LogP contribution in [0.3, 0.4) is 0 Å². The Hall–Kier alpha value is -4.33. The minimum absolute atomic E-state index is 0.131. The molecular formula is C26H23N5O3. The average Bonchev–Trinajstić information content (AvgIpc) is 3.42. The predicted molar refractivity (Wildman–Crippen MR) is 127 cm³/mol. The molecule has 8 nitrogen and oxygen atoms in total. The molecule has 4 heterocycles. The molecule has 1 aromatic carbocycles. The average molecular weight is 454 g/mol. The van der Waals surface area contributed by atoms with Crippen LogP contribution < -0.4 is 0 Å². The number of esters is 1. The molecular weight excluding hydrogens is 430 g/mol. The van der Waals surface area contributed by atoms with Gasteiger partial charge in [-0.25, -0.2) is 4.79 Å². The van der Waals surface area contributed by atoms with E-state index in [2.05, 4.69) is 23.1 Å². The van der Waals surface area contributed by atoms with Gasteiger partial charge in [0.1, 0.15) is 17.0 Å². The number of ether oxygens (including phenoxy) is 1. The molecule has 5 aromatic rings. The van der Waals surface area contributed by atoms with Crippen LogP contribution in [0.5, 0.6) is 0 Å². The Morgan fingerprint density at radius 3 is 2.50 bits per heavy atom. The molecule has 0 fully saturated rings. The van der Waals surface area contributed by atoms with Crippen LogP contribution in [0.4, 0.5) is 0 Å². The van der Waals surface area contributed by atoms with Crippen molar-refractivity contribution >= 4 is 17.0 Å². The summed E-state index contributed by atoms with van der Waals surface area (Å²) in [5, 5.41) is 9.04. The fourth-order valence-electron chi connectivity index (χ4n) is 4.17. The first-order valence-corrected chi connectivity index (χ1v) is 10.9. The highest BCUT2D eigenvalue weighted by Gasteiger charge is 2.21. The molecule has 0 aliphatic rings. The zero-order valence-corrected chi connectivity index (χ0v) is 19.3. The Labute approximate surface area is 196 Å². The molecule has 0 aliphatic heterocycles. The van der Waals surface area contributed by atoms with E-state index in [4.69, 9.17) is 19.3 Å². The van der Waals surface area contributed by atoms with E-state index in [1.807, 2.05) is 55.1 Å². The summed E-state index contributed by atoms with van der Waals surface area (Å²) >= 11 is 0. The summed E-state index contributed by atoms with van der Waals surface area (Å²) in [5.74, 6) is 0.356. The standard InChI is InChI=1S/C26H23N5O3/c1-15-23(17(3)34-30-15)20-13-22-25(28-14-20)24(18-8-10-19(11-9-18)26(32)33-4)29-31(22)16(2)21-7-5-6-12-27-21/h5-14,16H,1-4H3/t16-/m0/s1. The van der Waals surface area contributed by atoms with E-state index < -0.39 is 0 Å². The highest BCUT2D eigenvalue weighted by atomic mass is 16.5. The normalized spacial score (nSPS) is 12.1. The van der Waals surface area contributed by atoms with Gasteiger partial charge in [0.15, 0.2) is 0 Å². The van der Waals surface area contributed by atoms with E-state index in [-0.39, 0.29) is 12.0 Å². The fraction of sp³-hybridized carbons (Fsp3) is 0.192. The van der Waals surface area contributed by atoms with Gasteiger partial charge in [-0.2, -0.15) is 5.10 Å². The van der Waals surface area contributed by atoms with Gasteiger partial charge in [0.05, 0.1) is 35.6 Å². The summed E-state index contributed by atoms with van der Waals surface area (Å²) < 4.78 is 12.1.